The first-order valence-electron chi connectivity index (χ1n) is 7.65. The smallest absolute Gasteiger partial charge is 0.345 e. The molecule has 1 fully saturated rings. The van der Waals surface area contributed by atoms with Gasteiger partial charge >= 0.3 is 6.61 Å². The molecule has 26 heavy (non-hydrogen) atoms. The molecule has 1 amide bonds. The summed E-state index contributed by atoms with van der Waals surface area (Å²) in [6.07, 6.45) is 3.37. The summed E-state index contributed by atoms with van der Waals surface area (Å²) >= 11 is 7.05. The Bertz CT molecular complexity index is 736. The highest BCUT2D eigenvalue weighted by atomic mass is 35.5. The minimum atomic E-state index is -2.86. The highest BCUT2D eigenvalue weighted by molar-refractivity contribution is 8.18. The van der Waals surface area contributed by atoms with Crippen LogP contribution in [0.15, 0.2) is 52.1 Å². The normalized spacial score (nSPS) is 18.6. The molecule has 0 bridgehead atoms. The molecule has 9 heteroatoms. The van der Waals surface area contributed by atoms with E-state index in [0.29, 0.717) is 20.8 Å². The van der Waals surface area contributed by atoms with E-state index in [1.165, 1.54) is 22.7 Å². The van der Waals surface area contributed by atoms with Crippen molar-refractivity contribution in [3.63, 3.8) is 0 Å². The fourth-order valence-electron chi connectivity index (χ4n) is 1.97. The SMILES string of the molecule is CN1C(=O)/C(=C/C/C=C(/O)CCOC(F)F)SC1=Nc1ccc(Cl)cc1. The molecule has 0 unspecified atom stereocenters. The lowest BCUT2D eigenvalue weighted by atomic mass is 10.2. The average molecular weight is 403 g/mol. The van der Waals surface area contributed by atoms with Crippen LogP contribution in [0.25, 0.3) is 0 Å². The van der Waals surface area contributed by atoms with E-state index < -0.39 is 6.61 Å². The van der Waals surface area contributed by atoms with Crippen molar-refractivity contribution in [3.05, 3.63) is 52.1 Å². The number of aliphatic hydroxyl groups is 1. The molecule has 2 rings (SSSR count). The molecule has 1 N–H and O–H groups in total. The van der Waals surface area contributed by atoms with Gasteiger partial charge in [-0.1, -0.05) is 17.7 Å². The van der Waals surface area contributed by atoms with Crippen molar-refractivity contribution in [1.29, 1.82) is 0 Å². The van der Waals surface area contributed by atoms with E-state index in [9.17, 15) is 18.7 Å². The number of hydrogen-bond acceptors (Lipinski definition) is 5. The first kappa shape index (κ1) is 20.4. The van der Waals surface area contributed by atoms with E-state index in [1.54, 1.807) is 37.4 Å². The van der Waals surface area contributed by atoms with Crippen LogP contribution in [0, 0.1) is 0 Å². The third-order valence-corrected chi connectivity index (χ3v) is 4.67. The topological polar surface area (TPSA) is 62.1 Å². The first-order valence-corrected chi connectivity index (χ1v) is 8.84. The summed E-state index contributed by atoms with van der Waals surface area (Å²) in [7, 11) is 1.62. The molecule has 0 saturated carbocycles. The summed E-state index contributed by atoms with van der Waals surface area (Å²) in [5, 5.41) is 10.7. The summed E-state index contributed by atoms with van der Waals surface area (Å²) in [5.41, 5.74) is 0.675. The Morgan fingerprint density at radius 1 is 1.42 bits per heavy atom. The van der Waals surface area contributed by atoms with Crippen molar-refractivity contribution in [2.45, 2.75) is 19.5 Å². The quantitative estimate of drug-likeness (QED) is 0.521. The molecular weight excluding hydrogens is 386 g/mol. The molecule has 0 aliphatic carbocycles. The lowest BCUT2D eigenvalue weighted by Crippen LogP contribution is -2.23. The Morgan fingerprint density at radius 3 is 2.77 bits per heavy atom. The Kier molecular flexibility index (Phi) is 7.62. The molecule has 1 saturated heterocycles. The van der Waals surface area contributed by atoms with E-state index in [1.807, 2.05) is 0 Å². The van der Waals surface area contributed by atoms with Gasteiger partial charge in [0.15, 0.2) is 5.17 Å². The molecule has 1 aromatic carbocycles. The van der Waals surface area contributed by atoms with Gasteiger partial charge in [-0.2, -0.15) is 8.78 Å². The zero-order chi connectivity index (χ0) is 19.1. The number of nitrogens with zero attached hydrogens (tertiary/aromatic N) is 2. The molecule has 0 radical (unpaired) electrons. The molecule has 1 heterocycles. The Balaban J connectivity index is 1.97. The number of amidine groups is 1. The number of carbonyl (C=O) groups is 1. The molecule has 1 aliphatic rings. The number of thioether (sulfide) groups is 1. The van der Waals surface area contributed by atoms with Crippen molar-refractivity contribution in [2.24, 2.45) is 4.99 Å². The van der Waals surface area contributed by atoms with Gasteiger partial charge in [0, 0.05) is 18.5 Å². The average Bonchev–Trinajstić information content (AvgIpc) is 2.85. The van der Waals surface area contributed by atoms with Gasteiger partial charge in [0.05, 0.1) is 23.0 Å². The van der Waals surface area contributed by atoms with Crippen LogP contribution >= 0.6 is 23.4 Å². The summed E-state index contributed by atoms with van der Waals surface area (Å²) < 4.78 is 27.7. The van der Waals surface area contributed by atoms with E-state index in [-0.39, 0.29) is 31.1 Å². The first-order chi connectivity index (χ1) is 12.4. The standard InChI is InChI=1S/C17H17ClF2N2O3S/c1-22-15(24)14(4-2-3-13(23)9-10-25-16(19)20)26-17(22)21-12-7-5-11(18)6-8-12/h3-8,16,23H,2,9-10H2,1H3/b13-3+,14-4-,21-17?. The number of allylic oxidation sites excluding steroid dienone is 2. The van der Waals surface area contributed by atoms with Crippen LogP contribution in [-0.2, 0) is 9.53 Å². The Labute approximate surface area is 159 Å². The van der Waals surface area contributed by atoms with E-state index in [0.717, 1.165) is 0 Å². The highest BCUT2D eigenvalue weighted by Gasteiger charge is 2.29. The second-order valence-corrected chi connectivity index (χ2v) is 6.66. The predicted octanol–water partition coefficient (Wildman–Crippen LogP) is 4.88. The van der Waals surface area contributed by atoms with Gasteiger partial charge in [-0.15, -0.1) is 0 Å². The summed E-state index contributed by atoms with van der Waals surface area (Å²) in [6, 6.07) is 6.92. The molecule has 140 valence electrons. The van der Waals surface area contributed by atoms with Crippen LogP contribution in [0.4, 0.5) is 14.5 Å². The molecule has 1 aromatic rings. The number of ether oxygens (including phenoxy) is 1. The van der Waals surface area contributed by atoms with Crippen LogP contribution in [0.1, 0.15) is 12.8 Å². The number of benzene rings is 1. The van der Waals surface area contributed by atoms with E-state index >= 15 is 0 Å². The largest absolute Gasteiger partial charge is 0.513 e. The minimum absolute atomic E-state index is 0.0161. The number of rotatable bonds is 7. The third-order valence-electron chi connectivity index (χ3n) is 3.31. The molecule has 5 nitrogen and oxygen atoms in total. The third kappa shape index (κ3) is 6.12. The number of likely N-dealkylation sites (N-methyl/N-ethyl adjacent to an activating group) is 1. The van der Waals surface area contributed by atoms with Crippen LogP contribution in [-0.4, -0.2) is 41.3 Å². The van der Waals surface area contributed by atoms with Crippen LogP contribution in [0.5, 0.6) is 0 Å². The maximum atomic E-state index is 12.2. The van der Waals surface area contributed by atoms with Crippen molar-refractivity contribution in [2.75, 3.05) is 13.7 Å². The predicted molar refractivity (Wildman–Crippen MR) is 98.9 cm³/mol. The van der Waals surface area contributed by atoms with Gasteiger partial charge in [0.2, 0.25) is 0 Å². The number of aliphatic imine (C=N–C) groups is 1. The summed E-state index contributed by atoms with van der Waals surface area (Å²) in [5.74, 6) is -0.266. The molecule has 0 aromatic heterocycles. The summed E-state index contributed by atoms with van der Waals surface area (Å²) in [4.78, 5) is 18.6. The number of carbonyl (C=O) groups excluding carboxylic acids is 1. The lowest BCUT2D eigenvalue weighted by Gasteiger charge is -2.06. The lowest BCUT2D eigenvalue weighted by molar-refractivity contribution is -0.128. The molecular formula is C17H17ClF2N2O3S. The Hall–Kier alpha value is -1.90. The number of alkyl halides is 2. The van der Waals surface area contributed by atoms with Gasteiger partial charge in [0.1, 0.15) is 0 Å². The van der Waals surface area contributed by atoms with Gasteiger partial charge in [-0.25, -0.2) is 4.99 Å². The maximum absolute atomic E-state index is 12.2. The number of amides is 1. The second-order valence-electron chi connectivity index (χ2n) is 5.22. The number of aliphatic hydroxyl groups excluding tert-OH is 1. The number of hydrogen-bond donors (Lipinski definition) is 1. The molecule has 0 spiro atoms. The maximum Gasteiger partial charge on any atom is 0.345 e. The van der Waals surface area contributed by atoms with Crippen molar-refractivity contribution in [3.8, 4) is 0 Å². The molecule has 0 atom stereocenters. The number of halogens is 3. The van der Waals surface area contributed by atoms with Gasteiger partial charge in [-0.3, -0.25) is 9.69 Å². The van der Waals surface area contributed by atoms with Crippen LogP contribution in [0.2, 0.25) is 5.02 Å². The van der Waals surface area contributed by atoms with Crippen LogP contribution < -0.4 is 0 Å². The highest BCUT2D eigenvalue weighted by Crippen LogP contribution is 2.32. The monoisotopic (exact) mass is 402 g/mol. The minimum Gasteiger partial charge on any atom is -0.513 e. The second kappa shape index (κ2) is 9.70. The van der Waals surface area contributed by atoms with Gasteiger partial charge < -0.3 is 9.84 Å². The van der Waals surface area contributed by atoms with E-state index in [2.05, 4.69) is 9.73 Å². The van der Waals surface area contributed by atoms with Crippen molar-refractivity contribution >= 4 is 40.1 Å². The Morgan fingerprint density at radius 2 is 2.12 bits per heavy atom. The van der Waals surface area contributed by atoms with Gasteiger partial charge in [-0.05, 0) is 48.5 Å². The zero-order valence-corrected chi connectivity index (χ0v) is 15.4. The van der Waals surface area contributed by atoms with Gasteiger partial charge in [0.25, 0.3) is 5.91 Å². The zero-order valence-electron chi connectivity index (χ0n) is 13.9. The van der Waals surface area contributed by atoms with Crippen molar-refractivity contribution < 1.29 is 23.4 Å². The van der Waals surface area contributed by atoms with Crippen molar-refractivity contribution in [1.82, 2.24) is 4.90 Å². The van der Waals surface area contributed by atoms with E-state index in [4.69, 9.17) is 11.6 Å². The van der Waals surface area contributed by atoms with Crippen LogP contribution in [0.3, 0.4) is 0 Å². The molecule has 1 aliphatic heterocycles. The fourth-order valence-corrected chi connectivity index (χ4v) is 3.07. The summed E-state index contributed by atoms with van der Waals surface area (Å²) in [6.45, 7) is -3.13. The fraction of sp³-hybridized carbons (Fsp3) is 0.294.